The van der Waals surface area contributed by atoms with E-state index < -0.39 is 0 Å². The fourth-order valence-electron chi connectivity index (χ4n) is 3.74. The molecule has 2 heteroatoms. The molecule has 94 valence electrons. The summed E-state index contributed by atoms with van der Waals surface area (Å²) in [5.41, 5.74) is 0. The topological polar surface area (TPSA) is 15.3 Å². The molecule has 1 N–H and O–H groups in total. The molecule has 16 heavy (non-hydrogen) atoms. The molecule has 0 aromatic heterocycles. The van der Waals surface area contributed by atoms with Gasteiger partial charge in [0, 0.05) is 25.2 Å². The summed E-state index contributed by atoms with van der Waals surface area (Å²) >= 11 is 0. The Hall–Kier alpha value is -0.0800. The standard InChI is InChI=1S/C14H28N2/c1-4-15-13-7-8-16(10-13)14-6-5-11(2)9-12(14)3/h11-15H,4-10H2,1-3H3. The Morgan fingerprint density at radius 1 is 1.19 bits per heavy atom. The van der Waals surface area contributed by atoms with Crippen molar-refractivity contribution in [3.05, 3.63) is 0 Å². The fourth-order valence-corrected chi connectivity index (χ4v) is 3.74. The molecule has 2 fully saturated rings. The molecule has 4 unspecified atom stereocenters. The van der Waals surface area contributed by atoms with Crippen molar-refractivity contribution in [3.63, 3.8) is 0 Å². The number of hydrogen-bond donors (Lipinski definition) is 1. The number of rotatable bonds is 3. The fraction of sp³-hybridized carbons (Fsp3) is 1.00. The number of hydrogen-bond acceptors (Lipinski definition) is 2. The second-order valence-electron chi connectivity index (χ2n) is 6.00. The summed E-state index contributed by atoms with van der Waals surface area (Å²) in [4.78, 5) is 2.75. The Labute approximate surface area is 101 Å². The average molecular weight is 224 g/mol. The summed E-state index contributed by atoms with van der Waals surface area (Å²) in [6, 6.07) is 1.64. The van der Waals surface area contributed by atoms with Crippen molar-refractivity contribution in [3.8, 4) is 0 Å². The Morgan fingerprint density at radius 3 is 2.69 bits per heavy atom. The van der Waals surface area contributed by atoms with E-state index in [0.717, 1.165) is 30.5 Å². The van der Waals surface area contributed by atoms with Crippen LogP contribution in [0.5, 0.6) is 0 Å². The van der Waals surface area contributed by atoms with Gasteiger partial charge in [0.2, 0.25) is 0 Å². The summed E-state index contributed by atoms with van der Waals surface area (Å²) in [7, 11) is 0. The maximum Gasteiger partial charge on any atom is 0.0207 e. The molecule has 0 aromatic carbocycles. The van der Waals surface area contributed by atoms with Gasteiger partial charge in [-0.25, -0.2) is 0 Å². The normalized spacial score (nSPS) is 41.4. The molecule has 1 saturated heterocycles. The van der Waals surface area contributed by atoms with Gasteiger partial charge in [0.15, 0.2) is 0 Å². The van der Waals surface area contributed by atoms with Gasteiger partial charge in [0.05, 0.1) is 0 Å². The zero-order chi connectivity index (χ0) is 11.5. The molecule has 2 aliphatic rings. The lowest BCUT2D eigenvalue weighted by Crippen LogP contribution is -2.43. The molecule has 0 radical (unpaired) electrons. The van der Waals surface area contributed by atoms with Gasteiger partial charge in [0.1, 0.15) is 0 Å². The Bertz CT molecular complexity index is 217. The van der Waals surface area contributed by atoms with Gasteiger partial charge in [-0.05, 0) is 44.1 Å². The summed E-state index contributed by atoms with van der Waals surface area (Å²) in [6.07, 6.45) is 5.66. The van der Waals surface area contributed by atoms with Crippen LogP contribution in [0.3, 0.4) is 0 Å². The summed E-state index contributed by atoms with van der Waals surface area (Å²) in [6.45, 7) is 10.8. The molecule has 1 aliphatic heterocycles. The first-order chi connectivity index (χ1) is 7.70. The van der Waals surface area contributed by atoms with E-state index in [1.54, 1.807) is 0 Å². The highest BCUT2D eigenvalue weighted by atomic mass is 15.2. The van der Waals surface area contributed by atoms with E-state index in [0.29, 0.717) is 0 Å². The van der Waals surface area contributed by atoms with Crippen molar-refractivity contribution in [2.75, 3.05) is 19.6 Å². The lowest BCUT2D eigenvalue weighted by atomic mass is 9.79. The van der Waals surface area contributed by atoms with Gasteiger partial charge < -0.3 is 5.32 Å². The molecule has 2 nitrogen and oxygen atoms in total. The number of likely N-dealkylation sites (N-methyl/N-ethyl adjacent to an activating group) is 1. The summed E-state index contributed by atoms with van der Waals surface area (Å²) in [5.74, 6) is 1.86. The molecule has 0 aromatic rings. The van der Waals surface area contributed by atoms with Crippen LogP contribution in [0.2, 0.25) is 0 Å². The van der Waals surface area contributed by atoms with E-state index in [1.165, 1.54) is 38.8 Å². The highest BCUT2D eigenvalue weighted by molar-refractivity contribution is 4.89. The summed E-state index contributed by atoms with van der Waals surface area (Å²) < 4.78 is 0. The molecule has 0 amide bonds. The third kappa shape index (κ3) is 2.78. The van der Waals surface area contributed by atoms with Crippen molar-refractivity contribution in [2.45, 2.75) is 58.5 Å². The van der Waals surface area contributed by atoms with E-state index in [1.807, 2.05) is 0 Å². The molecular weight excluding hydrogens is 196 g/mol. The van der Waals surface area contributed by atoms with Crippen LogP contribution in [0.25, 0.3) is 0 Å². The molecular formula is C14H28N2. The average Bonchev–Trinajstić information content (AvgIpc) is 2.67. The third-order valence-electron chi connectivity index (χ3n) is 4.57. The van der Waals surface area contributed by atoms with E-state index in [4.69, 9.17) is 0 Å². The molecule has 0 bridgehead atoms. The SMILES string of the molecule is CCNC1CCN(C2CCC(C)CC2C)C1. The zero-order valence-corrected chi connectivity index (χ0v) is 11.2. The predicted molar refractivity (Wildman–Crippen MR) is 69.6 cm³/mol. The molecule has 0 spiro atoms. The van der Waals surface area contributed by atoms with Gasteiger partial charge in [-0.15, -0.1) is 0 Å². The van der Waals surface area contributed by atoms with E-state index in [-0.39, 0.29) is 0 Å². The third-order valence-corrected chi connectivity index (χ3v) is 4.57. The van der Waals surface area contributed by atoms with Crippen molar-refractivity contribution in [1.82, 2.24) is 10.2 Å². The maximum absolute atomic E-state index is 3.60. The highest BCUT2D eigenvalue weighted by Gasteiger charge is 2.33. The Kier molecular flexibility index (Phi) is 4.26. The van der Waals surface area contributed by atoms with E-state index in [9.17, 15) is 0 Å². The quantitative estimate of drug-likeness (QED) is 0.792. The predicted octanol–water partition coefficient (Wildman–Crippen LogP) is 2.49. The lowest BCUT2D eigenvalue weighted by Gasteiger charge is -2.38. The van der Waals surface area contributed by atoms with Gasteiger partial charge >= 0.3 is 0 Å². The van der Waals surface area contributed by atoms with Crippen LogP contribution >= 0.6 is 0 Å². The first-order valence-electron chi connectivity index (χ1n) is 7.18. The number of likely N-dealkylation sites (tertiary alicyclic amines) is 1. The van der Waals surface area contributed by atoms with Crippen molar-refractivity contribution >= 4 is 0 Å². The monoisotopic (exact) mass is 224 g/mol. The largest absolute Gasteiger partial charge is 0.313 e. The first kappa shape index (κ1) is 12.4. The second kappa shape index (κ2) is 5.50. The molecule has 4 atom stereocenters. The second-order valence-corrected chi connectivity index (χ2v) is 6.00. The zero-order valence-electron chi connectivity index (χ0n) is 11.2. The van der Waals surface area contributed by atoms with Crippen molar-refractivity contribution < 1.29 is 0 Å². The first-order valence-corrected chi connectivity index (χ1v) is 7.18. The minimum absolute atomic E-state index is 0.761. The van der Waals surface area contributed by atoms with Crippen LogP contribution in [0.1, 0.15) is 46.5 Å². The number of nitrogens with one attached hydrogen (secondary N) is 1. The lowest BCUT2D eigenvalue weighted by molar-refractivity contribution is 0.113. The van der Waals surface area contributed by atoms with Gasteiger partial charge in [-0.3, -0.25) is 4.90 Å². The molecule has 1 heterocycles. The molecule has 2 rings (SSSR count). The van der Waals surface area contributed by atoms with Crippen molar-refractivity contribution in [2.24, 2.45) is 11.8 Å². The Morgan fingerprint density at radius 2 is 2.00 bits per heavy atom. The van der Waals surface area contributed by atoms with Crippen LogP contribution in [0.4, 0.5) is 0 Å². The van der Waals surface area contributed by atoms with E-state index in [2.05, 4.69) is 31.0 Å². The van der Waals surface area contributed by atoms with Crippen LogP contribution < -0.4 is 5.32 Å². The molecule has 1 saturated carbocycles. The minimum Gasteiger partial charge on any atom is -0.313 e. The smallest absolute Gasteiger partial charge is 0.0207 e. The highest BCUT2D eigenvalue weighted by Crippen LogP contribution is 2.33. The molecule has 1 aliphatic carbocycles. The summed E-state index contributed by atoms with van der Waals surface area (Å²) in [5, 5.41) is 3.60. The van der Waals surface area contributed by atoms with E-state index >= 15 is 0 Å². The van der Waals surface area contributed by atoms with Crippen molar-refractivity contribution in [1.29, 1.82) is 0 Å². The van der Waals surface area contributed by atoms with Gasteiger partial charge in [0.25, 0.3) is 0 Å². The van der Waals surface area contributed by atoms with Crippen LogP contribution in [0.15, 0.2) is 0 Å². The number of nitrogens with zero attached hydrogens (tertiary/aromatic N) is 1. The van der Waals surface area contributed by atoms with Crippen LogP contribution in [-0.4, -0.2) is 36.6 Å². The minimum atomic E-state index is 0.761. The maximum atomic E-state index is 3.60. The van der Waals surface area contributed by atoms with Gasteiger partial charge in [-0.2, -0.15) is 0 Å². The Balaban J connectivity index is 1.84. The van der Waals surface area contributed by atoms with Crippen LogP contribution in [-0.2, 0) is 0 Å². The van der Waals surface area contributed by atoms with Gasteiger partial charge in [-0.1, -0.05) is 20.8 Å². The van der Waals surface area contributed by atoms with Crippen LogP contribution in [0, 0.1) is 11.8 Å².